The zero-order chi connectivity index (χ0) is 10.1. The van der Waals surface area contributed by atoms with Gasteiger partial charge in [-0.3, -0.25) is 0 Å². The largest absolute Gasteiger partial charge is 0.313 e. The predicted octanol–water partition coefficient (Wildman–Crippen LogP) is 3.22. The lowest BCUT2D eigenvalue weighted by Gasteiger charge is -2.06. The number of rotatable bonds is 7. The molecule has 0 atom stereocenters. The minimum Gasteiger partial charge on any atom is -0.313 e. The third kappa shape index (κ3) is 8.04. The van der Waals surface area contributed by atoms with Crippen LogP contribution in [0.4, 0.5) is 0 Å². The molecule has 78 valence electrons. The molecule has 0 bridgehead atoms. The van der Waals surface area contributed by atoms with Crippen LogP contribution in [0.2, 0.25) is 0 Å². The van der Waals surface area contributed by atoms with Crippen LogP contribution in [0.5, 0.6) is 0 Å². The average molecular weight is 183 g/mol. The lowest BCUT2D eigenvalue weighted by molar-refractivity contribution is 0.572. The van der Waals surface area contributed by atoms with E-state index < -0.39 is 0 Å². The van der Waals surface area contributed by atoms with E-state index in [-0.39, 0.29) is 0 Å². The average Bonchev–Trinajstić information content (AvgIpc) is 2.11. The van der Waals surface area contributed by atoms with E-state index in [0.717, 1.165) is 24.9 Å². The van der Waals surface area contributed by atoms with Crippen molar-refractivity contribution in [1.29, 1.82) is 0 Å². The molecule has 0 aliphatic heterocycles. The molecule has 0 radical (unpaired) electrons. The smallest absolute Gasteiger partial charge is 0.0135 e. The van der Waals surface area contributed by atoms with Gasteiger partial charge in [-0.25, -0.2) is 0 Å². The van der Waals surface area contributed by atoms with Crippen LogP contribution in [0.15, 0.2) is 12.2 Å². The zero-order valence-electron chi connectivity index (χ0n) is 9.64. The van der Waals surface area contributed by atoms with E-state index in [2.05, 4.69) is 45.2 Å². The van der Waals surface area contributed by atoms with Crippen molar-refractivity contribution in [3.63, 3.8) is 0 Å². The van der Waals surface area contributed by atoms with E-state index in [4.69, 9.17) is 0 Å². The van der Waals surface area contributed by atoms with Gasteiger partial charge in [-0.05, 0) is 31.2 Å². The monoisotopic (exact) mass is 183 g/mol. The highest BCUT2D eigenvalue weighted by Gasteiger charge is 1.95. The number of hydrogen-bond acceptors (Lipinski definition) is 1. The van der Waals surface area contributed by atoms with Gasteiger partial charge in [-0.15, -0.1) is 0 Å². The molecule has 0 spiro atoms. The summed E-state index contributed by atoms with van der Waals surface area (Å²) in [7, 11) is 0. The second-order valence-electron chi connectivity index (χ2n) is 4.06. The molecule has 0 saturated carbocycles. The molecule has 0 rings (SSSR count). The Morgan fingerprint density at radius 1 is 1.15 bits per heavy atom. The van der Waals surface area contributed by atoms with E-state index in [1.54, 1.807) is 0 Å². The highest BCUT2D eigenvalue weighted by atomic mass is 14.8. The Kier molecular flexibility index (Phi) is 8.11. The van der Waals surface area contributed by atoms with Crippen LogP contribution in [0.3, 0.4) is 0 Å². The number of allylic oxidation sites excluding steroid dienone is 1. The van der Waals surface area contributed by atoms with Crippen LogP contribution < -0.4 is 5.32 Å². The first-order chi connectivity index (χ1) is 6.20. The molecule has 0 unspecified atom stereocenters. The van der Waals surface area contributed by atoms with Crippen molar-refractivity contribution in [3.05, 3.63) is 12.2 Å². The minimum atomic E-state index is 0.751. The summed E-state index contributed by atoms with van der Waals surface area (Å²) >= 11 is 0. The Balaban J connectivity index is 3.39. The van der Waals surface area contributed by atoms with E-state index in [9.17, 15) is 0 Å². The van der Waals surface area contributed by atoms with Crippen molar-refractivity contribution in [1.82, 2.24) is 5.32 Å². The van der Waals surface area contributed by atoms with Crippen LogP contribution in [-0.4, -0.2) is 13.1 Å². The summed E-state index contributed by atoms with van der Waals surface area (Å²) in [5.74, 6) is 1.53. The summed E-state index contributed by atoms with van der Waals surface area (Å²) < 4.78 is 0. The molecule has 0 aromatic heterocycles. The maximum Gasteiger partial charge on any atom is 0.0135 e. The second-order valence-corrected chi connectivity index (χ2v) is 4.06. The van der Waals surface area contributed by atoms with Crippen LogP contribution in [-0.2, 0) is 0 Å². The summed E-state index contributed by atoms with van der Waals surface area (Å²) in [6.07, 6.45) is 7.13. The van der Waals surface area contributed by atoms with Gasteiger partial charge >= 0.3 is 0 Å². The molecular formula is C12H25N. The zero-order valence-corrected chi connectivity index (χ0v) is 9.64. The van der Waals surface area contributed by atoms with Gasteiger partial charge < -0.3 is 5.32 Å². The quantitative estimate of drug-likeness (QED) is 0.472. The molecule has 1 heteroatoms. The van der Waals surface area contributed by atoms with Crippen LogP contribution >= 0.6 is 0 Å². The fourth-order valence-corrected chi connectivity index (χ4v) is 1.28. The first kappa shape index (κ1) is 12.7. The van der Waals surface area contributed by atoms with Crippen molar-refractivity contribution >= 4 is 0 Å². The molecule has 0 heterocycles. The van der Waals surface area contributed by atoms with Gasteiger partial charge in [0.1, 0.15) is 0 Å². The van der Waals surface area contributed by atoms with Gasteiger partial charge in [0.2, 0.25) is 0 Å². The van der Waals surface area contributed by atoms with Gasteiger partial charge in [0.25, 0.3) is 0 Å². The third-order valence-corrected chi connectivity index (χ3v) is 2.27. The third-order valence-electron chi connectivity index (χ3n) is 2.27. The minimum absolute atomic E-state index is 0.751. The lowest BCUT2D eigenvalue weighted by Crippen LogP contribution is -2.19. The molecule has 0 saturated heterocycles. The molecule has 0 aliphatic rings. The van der Waals surface area contributed by atoms with Crippen LogP contribution in [0.25, 0.3) is 0 Å². The molecule has 0 aromatic rings. The number of nitrogens with one attached hydrogen (secondary N) is 1. The summed E-state index contributed by atoms with van der Waals surface area (Å²) in [5, 5.41) is 3.40. The molecular weight excluding hydrogens is 158 g/mol. The van der Waals surface area contributed by atoms with Crippen molar-refractivity contribution in [2.45, 2.75) is 40.5 Å². The highest BCUT2D eigenvalue weighted by molar-refractivity contribution is 4.88. The van der Waals surface area contributed by atoms with Gasteiger partial charge in [0, 0.05) is 6.54 Å². The molecule has 0 aliphatic carbocycles. The Morgan fingerprint density at radius 3 is 2.23 bits per heavy atom. The lowest BCUT2D eigenvalue weighted by atomic mass is 10.0. The fraction of sp³-hybridized carbons (Fsp3) is 0.833. The van der Waals surface area contributed by atoms with Gasteiger partial charge in [0.05, 0.1) is 0 Å². The Hall–Kier alpha value is -0.300. The van der Waals surface area contributed by atoms with Crippen molar-refractivity contribution in [2.24, 2.45) is 11.8 Å². The van der Waals surface area contributed by atoms with E-state index in [1.165, 1.54) is 12.8 Å². The Morgan fingerprint density at radius 2 is 1.77 bits per heavy atom. The van der Waals surface area contributed by atoms with E-state index in [1.807, 2.05) is 0 Å². The number of hydrogen-bond donors (Lipinski definition) is 1. The highest BCUT2D eigenvalue weighted by Crippen LogP contribution is 2.07. The topological polar surface area (TPSA) is 12.0 Å². The molecule has 0 fully saturated rings. The summed E-state index contributed by atoms with van der Waals surface area (Å²) in [6, 6.07) is 0. The second kappa shape index (κ2) is 8.31. The first-order valence-corrected chi connectivity index (χ1v) is 5.58. The standard InChI is InChI=1S/C12H25N/c1-5-12(6-2)8-7-9-13-10-11(3)4/h7-8,11-13H,5-6,9-10H2,1-4H3. The van der Waals surface area contributed by atoms with Crippen molar-refractivity contribution in [3.8, 4) is 0 Å². The SMILES string of the molecule is CCC(C=CCNCC(C)C)CC. The normalized spacial score (nSPS) is 12.2. The maximum absolute atomic E-state index is 3.40. The fourth-order valence-electron chi connectivity index (χ4n) is 1.28. The van der Waals surface area contributed by atoms with Crippen molar-refractivity contribution in [2.75, 3.05) is 13.1 Å². The maximum atomic E-state index is 3.40. The van der Waals surface area contributed by atoms with E-state index in [0.29, 0.717) is 0 Å². The summed E-state index contributed by atoms with van der Waals surface area (Å²) in [5.41, 5.74) is 0. The molecule has 0 aromatic carbocycles. The van der Waals surface area contributed by atoms with Crippen LogP contribution in [0, 0.1) is 11.8 Å². The molecule has 0 amide bonds. The molecule has 1 N–H and O–H groups in total. The van der Waals surface area contributed by atoms with Gasteiger partial charge in [-0.1, -0.05) is 39.8 Å². The summed E-state index contributed by atoms with van der Waals surface area (Å²) in [6.45, 7) is 11.1. The first-order valence-electron chi connectivity index (χ1n) is 5.58. The van der Waals surface area contributed by atoms with Gasteiger partial charge in [-0.2, -0.15) is 0 Å². The summed E-state index contributed by atoms with van der Waals surface area (Å²) in [4.78, 5) is 0. The molecule has 1 nitrogen and oxygen atoms in total. The Labute approximate surface area is 83.6 Å². The molecule has 13 heavy (non-hydrogen) atoms. The Bertz CT molecular complexity index is 123. The van der Waals surface area contributed by atoms with Crippen LogP contribution in [0.1, 0.15) is 40.5 Å². The predicted molar refractivity (Wildman–Crippen MR) is 60.9 cm³/mol. The van der Waals surface area contributed by atoms with Gasteiger partial charge in [0.15, 0.2) is 0 Å². The van der Waals surface area contributed by atoms with Crippen molar-refractivity contribution < 1.29 is 0 Å². The van der Waals surface area contributed by atoms with E-state index >= 15 is 0 Å².